The van der Waals surface area contributed by atoms with Crippen LogP contribution in [0.5, 0.6) is 11.5 Å². The van der Waals surface area contributed by atoms with E-state index in [1.807, 2.05) is 63.2 Å². The number of hydrogen-bond acceptors (Lipinski definition) is 5. The standard InChI is InChI=1S/C23H21BrN2O3/c1-4-27-21-11-18(13-26-23-19(12-25)15(2)16(3)29-23)10-20(24)22(21)28-14-17-8-6-5-7-9-17/h5-11,13H,4,14H2,1-3H3/b26-13+. The van der Waals surface area contributed by atoms with Gasteiger partial charge in [0.2, 0.25) is 5.88 Å². The molecular weight excluding hydrogens is 432 g/mol. The number of ether oxygens (including phenoxy) is 2. The molecule has 1 heterocycles. The van der Waals surface area contributed by atoms with Crippen LogP contribution in [0.2, 0.25) is 0 Å². The fraction of sp³-hybridized carbons (Fsp3) is 0.217. The van der Waals surface area contributed by atoms with Gasteiger partial charge in [-0.3, -0.25) is 0 Å². The van der Waals surface area contributed by atoms with Gasteiger partial charge in [0.25, 0.3) is 0 Å². The molecular formula is C23H21BrN2O3. The minimum absolute atomic E-state index is 0.306. The Bertz CT molecular complexity index is 1070. The lowest BCUT2D eigenvalue weighted by atomic mass is 10.2. The summed E-state index contributed by atoms with van der Waals surface area (Å²) in [6.45, 7) is 6.52. The third kappa shape index (κ3) is 4.87. The monoisotopic (exact) mass is 452 g/mol. The number of nitriles is 1. The summed E-state index contributed by atoms with van der Waals surface area (Å²) in [5.41, 5.74) is 3.12. The number of hydrogen-bond donors (Lipinski definition) is 0. The minimum Gasteiger partial charge on any atom is -0.490 e. The SMILES string of the molecule is CCOc1cc(/C=N/c2oc(C)c(C)c2C#N)cc(Br)c1OCc1ccccc1. The molecule has 0 saturated heterocycles. The van der Waals surface area contributed by atoms with E-state index in [1.54, 1.807) is 6.21 Å². The van der Waals surface area contributed by atoms with E-state index in [2.05, 4.69) is 27.0 Å². The topological polar surface area (TPSA) is 67.8 Å². The molecule has 0 atom stereocenters. The zero-order valence-electron chi connectivity index (χ0n) is 16.5. The average molecular weight is 453 g/mol. The molecule has 0 bridgehead atoms. The van der Waals surface area contributed by atoms with Crippen molar-refractivity contribution in [1.82, 2.24) is 0 Å². The summed E-state index contributed by atoms with van der Waals surface area (Å²) in [6, 6.07) is 15.8. The second kappa shape index (κ2) is 9.44. The maximum absolute atomic E-state index is 9.33. The summed E-state index contributed by atoms with van der Waals surface area (Å²) >= 11 is 3.57. The normalized spacial score (nSPS) is 10.9. The molecule has 0 saturated carbocycles. The number of aryl methyl sites for hydroxylation is 1. The van der Waals surface area contributed by atoms with Crippen LogP contribution in [0.15, 0.2) is 56.3 Å². The van der Waals surface area contributed by atoms with Crippen molar-refractivity contribution in [3.63, 3.8) is 0 Å². The Morgan fingerprint density at radius 3 is 2.62 bits per heavy atom. The van der Waals surface area contributed by atoms with Crippen LogP contribution >= 0.6 is 15.9 Å². The largest absolute Gasteiger partial charge is 0.490 e. The first-order chi connectivity index (χ1) is 14.0. The molecule has 0 fully saturated rings. The van der Waals surface area contributed by atoms with Crippen molar-refractivity contribution < 1.29 is 13.9 Å². The molecule has 29 heavy (non-hydrogen) atoms. The van der Waals surface area contributed by atoms with E-state index in [0.29, 0.717) is 41.9 Å². The number of furan rings is 1. The summed E-state index contributed by atoms with van der Waals surface area (Å²) in [5, 5.41) is 9.33. The van der Waals surface area contributed by atoms with Crippen LogP contribution in [0.4, 0.5) is 5.88 Å². The Labute approximate surface area is 178 Å². The van der Waals surface area contributed by atoms with Crippen molar-refractivity contribution >= 4 is 28.0 Å². The molecule has 0 unspecified atom stereocenters. The Hall–Kier alpha value is -3.04. The summed E-state index contributed by atoms with van der Waals surface area (Å²) < 4.78 is 18.1. The fourth-order valence-electron chi connectivity index (χ4n) is 2.76. The lowest BCUT2D eigenvalue weighted by Gasteiger charge is -2.14. The number of benzene rings is 2. The minimum atomic E-state index is 0.306. The van der Waals surface area contributed by atoms with Crippen molar-refractivity contribution in [2.75, 3.05) is 6.61 Å². The molecule has 0 aliphatic heterocycles. The van der Waals surface area contributed by atoms with Gasteiger partial charge in [0, 0.05) is 11.8 Å². The molecule has 0 radical (unpaired) electrons. The van der Waals surface area contributed by atoms with Crippen LogP contribution in [0, 0.1) is 25.2 Å². The van der Waals surface area contributed by atoms with Gasteiger partial charge in [-0.2, -0.15) is 5.26 Å². The highest BCUT2D eigenvalue weighted by Gasteiger charge is 2.15. The van der Waals surface area contributed by atoms with Crippen LogP contribution in [0.25, 0.3) is 0 Å². The summed E-state index contributed by atoms with van der Waals surface area (Å²) in [5.74, 6) is 2.25. The molecule has 0 spiro atoms. The Balaban J connectivity index is 1.87. The molecule has 5 nitrogen and oxygen atoms in total. The fourth-order valence-corrected chi connectivity index (χ4v) is 3.33. The Morgan fingerprint density at radius 1 is 1.17 bits per heavy atom. The Morgan fingerprint density at radius 2 is 1.93 bits per heavy atom. The van der Waals surface area contributed by atoms with Crippen molar-refractivity contribution in [3.8, 4) is 17.6 Å². The van der Waals surface area contributed by atoms with Gasteiger partial charge in [0.15, 0.2) is 11.5 Å². The molecule has 0 aliphatic rings. The van der Waals surface area contributed by atoms with E-state index in [4.69, 9.17) is 13.9 Å². The summed E-state index contributed by atoms with van der Waals surface area (Å²) in [6.07, 6.45) is 1.65. The van der Waals surface area contributed by atoms with Crippen LogP contribution in [0.3, 0.4) is 0 Å². The quantitative estimate of drug-likeness (QED) is 0.396. The maximum atomic E-state index is 9.33. The predicted octanol–water partition coefficient (Wildman–Crippen LogP) is 6.26. The number of halogens is 1. The van der Waals surface area contributed by atoms with Crippen molar-refractivity contribution in [3.05, 3.63) is 75.0 Å². The van der Waals surface area contributed by atoms with Crippen LogP contribution in [-0.4, -0.2) is 12.8 Å². The van der Waals surface area contributed by atoms with E-state index < -0.39 is 0 Å². The van der Waals surface area contributed by atoms with Gasteiger partial charge in [0.1, 0.15) is 24.0 Å². The second-order valence-electron chi connectivity index (χ2n) is 6.37. The molecule has 0 N–H and O–H groups in total. The number of nitrogens with zero attached hydrogens (tertiary/aromatic N) is 2. The highest BCUT2D eigenvalue weighted by Crippen LogP contribution is 2.37. The van der Waals surface area contributed by atoms with Crippen LogP contribution in [0.1, 0.15) is 34.9 Å². The van der Waals surface area contributed by atoms with Gasteiger partial charge < -0.3 is 13.9 Å². The predicted molar refractivity (Wildman–Crippen MR) is 116 cm³/mol. The highest BCUT2D eigenvalue weighted by molar-refractivity contribution is 9.10. The van der Waals surface area contributed by atoms with E-state index in [9.17, 15) is 5.26 Å². The lowest BCUT2D eigenvalue weighted by Crippen LogP contribution is -2.01. The van der Waals surface area contributed by atoms with Gasteiger partial charge in [-0.05, 0) is 60.0 Å². The molecule has 6 heteroatoms. The molecule has 1 aromatic heterocycles. The molecule has 3 rings (SSSR count). The number of rotatable bonds is 7. The van der Waals surface area contributed by atoms with E-state index in [0.717, 1.165) is 21.2 Å². The smallest absolute Gasteiger partial charge is 0.237 e. The van der Waals surface area contributed by atoms with Gasteiger partial charge in [-0.25, -0.2) is 4.99 Å². The van der Waals surface area contributed by atoms with Crippen molar-refractivity contribution in [1.29, 1.82) is 5.26 Å². The lowest BCUT2D eigenvalue weighted by molar-refractivity contribution is 0.267. The first kappa shape index (κ1) is 20.7. The van der Waals surface area contributed by atoms with E-state index in [-0.39, 0.29) is 0 Å². The number of aliphatic imine (C=N–C) groups is 1. The molecule has 3 aromatic rings. The first-order valence-electron chi connectivity index (χ1n) is 9.20. The highest BCUT2D eigenvalue weighted by atomic mass is 79.9. The van der Waals surface area contributed by atoms with E-state index >= 15 is 0 Å². The van der Waals surface area contributed by atoms with Crippen LogP contribution in [-0.2, 0) is 6.61 Å². The van der Waals surface area contributed by atoms with Crippen LogP contribution < -0.4 is 9.47 Å². The van der Waals surface area contributed by atoms with E-state index in [1.165, 1.54) is 0 Å². The maximum Gasteiger partial charge on any atom is 0.237 e. The van der Waals surface area contributed by atoms with Gasteiger partial charge >= 0.3 is 0 Å². The summed E-state index contributed by atoms with van der Waals surface area (Å²) in [4.78, 5) is 4.36. The second-order valence-corrected chi connectivity index (χ2v) is 7.23. The molecule has 148 valence electrons. The van der Waals surface area contributed by atoms with Crippen molar-refractivity contribution in [2.24, 2.45) is 4.99 Å². The first-order valence-corrected chi connectivity index (χ1v) is 10.00. The van der Waals surface area contributed by atoms with Gasteiger partial charge in [-0.15, -0.1) is 0 Å². The van der Waals surface area contributed by atoms with Gasteiger partial charge in [-0.1, -0.05) is 30.3 Å². The third-order valence-electron chi connectivity index (χ3n) is 4.37. The average Bonchev–Trinajstić information content (AvgIpc) is 2.99. The Kier molecular flexibility index (Phi) is 6.73. The van der Waals surface area contributed by atoms with Crippen molar-refractivity contribution in [2.45, 2.75) is 27.4 Å². The molecule has 0 amide bonds. The molecule has 2 aromatic carbocycles. The summed E-state index contributed by atoms with van der Waals surface area (Å²) in [7, 11) is 0. The zero-order valence-corrected chi connectivity index (χ0v) is 18.1. The molecule has 0 aliphatic carbocycles. The zero-order chi connectivity index (χ0) is 20.8. The third-order valence-corrected chi connectivity index (χ3v) is 4.96. The van der Waals surface area contributed by atoms with Gasteiger partial charge in [0.05, 0.1) is 11.1 Å².